The fourth-order valence-electron chi connectivity index (χ4n) is 6.48. The normalized spacial score (nSPS) is 13.9. The first-order valence-electron chi connectivity index (χ1n) is 16.7. The Labute approximate surface area is 291 Å². The van der Waals surface area contributed by atoms with Crippen LogP contribution in [0.4, 0.5) is 0 Å². The van der Waals surface area contributed by atoms with E-state index in [1.807, 2.05) is 74.9 Å². The molecule has 0 spiro atoms. The molecule has 48 heavy (non-hydrogen) atoms. The summed E-state index contributed by atoms with van der Waals surface area (Å²) in [4.78, 5) is 4.97. The number of nitrogens with zero attached hydrogens (tertiary/aromatic N) is 2. The lowest BCUT2D eigenvalue weighted by Gasteiger charge is -2.37. The molecule has 6 rings (SSSR count). The number of imidazole rings is 1. The lowest BCUT2D eigenvalue weighted by atomic mass is 9.76. The van der Waals surface area contributed by atoms with Gasteiger partial charge < -0.3 is 14.1 Å². The Morgan fingerprint density at radius 3 is 1.73 bits per heavy atom. The molecule has 1 unspecified atom stereocenters. The van der Waals surface area contributed by atoms with Gasteiger partial charge in [0.15, 0.2) is 0 Å². The van der Waals surface area contributed by atoms with Crippen LogP contribution in [-0.4, -0.2) is 23.0 Å². The van der Waals surface area contributed by atoms with Crippen molar-refractivity contribution in [2.24, 2.45) is 5.92 Å². The standard InChI is InChI=1S/C42H45ClN2O2Si/c1-30(2)42(46,35-24-25-36-31(27-35)23-26-37(39(36)43)47-48(6,7)40(3,4)5)38-28-45(29-44-38)41(32-17-11-8-12-18-32,33-19-13-9-14-20-33)34-21-15-10-16-22-34/h8-30,46H,1-7H3. The third-order valence-corrected chi connectivity index (χ3v) is 15.0. The highest BCUT2D eigenvalue weighted by molar-refractivity contribution is 6.74. The summed E-state index contributed by atoms with van der Waals surface area (Å²) < 4.78 is 8.75. The average molecular weight is 673 g/mol. The van der Waals surface area contributed by atoms with E-state index in [1.165, 1.54) is 0 Å². The topological polar surface area (TPSA) is 47.3 Å². The molecular formula is C42H45ClN2O2Si. The average Bonchev–Trinajstić information content (AvgIpc) is 3.58. The van der Waals surface area contributed by atoms with Crippen LogP contribution in [0.25, 0.3) is 10.8 Å². The summed E-state index contributed by atoms with van der Waals surface area (Å²) in [6.07, 6.45) is 3.87. The van der Waals surface area contributed by atoms with Crippen molar-refractivity contribution in [1.82, 2.24) is 9.55 Å². The monoisotopic (exact) mass is 672 g/mol. The van der Waals surface area contributed by atoms with Crippen LogP contribution < -0.4 is 4.43 Å². The summed E-state index contributed by atoms with van der Waals surface area (Å²) in [5, 5.41) is 15.2. The first-order chi connectivity index (χ1) is 22.8. The van der Waals surface area contributed by atoms with Crippen LogP contribution in [0.2, 0.25) is 23.2 Å². The van der Waals surface area contributed by atoms with Crippen molar-refractivity contribution in [1.29, 1.82) is 0 Å². The van der Waals surface area contributed by atoms with Gasteiger partial charge in [0.05, 0.1) is 17.0 Å². The fraction of sp³-hybridized carbons (Fsp3) is 0.262. The zero-order valence-corrected chi connectivity index (χ0v) is 30.7. The highest BCUT2D eigenvalue weighted by Crippen LogP contribution is 2.45. The molecular weight excluding hydrogens is 628 g/mol. The minimum absolute atomic E-state index is 0.0470. The molecule has 0 bridgehead atoms. The van der Waals surface area contributed by atoms with Gasteiger partial charge in [-0.1, -0.05) is 155 Å². The number of aromatic nitrogens is 2. The summed E-state index contributed by atoms with van der Waals surface area (Å²) in [6, 6.07) is 41.5. The maximum absolute atomic E-state index is 12.7. The van der Waals surface area contributed by atoms with E-state index < -0.39 is 19.5 Å². The highest BCUT2D eigenvalue weighted by Gasteiger charge is 2.43. The molecule has 0 saturated heterocycles. The van der Waals surface area contributed by atoms with E-state index in [2.05, 4.69) is 111 Å². The summed E-state index contributed by atoms with van der Waals surface area (Å²) in [5.74, 6) is 0.523. The van der Waals surface area contributed by atoms with Crippen LogP contribution >= 0.6 is 11.6 Å². The number of benzene rings is 5. The minimum atomic E-state index is -2.09. The Balaban J connectivity index is 1.50. The second-order valence-corrected chi connectivity index (χ2v) is 19.7. The number of halogens is 1. The van der Waals surface area contributed by atoms with E-state index in [0.29, 0.717) is 16.5 Å². The molecule has 246 valence electrons. The summed E-state index contributed by atoms with van der Waals surface area (Å²) >= 11 is 6.99. The number of rotatable bonds is 9. The Hall–Kier alpha value is -4.16. The lowest BCUT2D eigenvalue weighted by molar-refractivity contribution is 0.0279. The molecule has 6 heteroatoms. The van der Waals surface area contributed by atoms with Gasteiger partial charge in [-0.2, -0.15) is 0 Å². The molecule has 0 saturated carbocycles. The molecule has 1 heterocycles. The second kappa shape index (κ2) is 12.7. The number of hydrogen-bond acceptors (Lipinski definition) is 3. The van der Waals surface area contributed by atoms with Gasteiger partial charge in [0.1, 0.15) is 16.9 Å². The predicted octanol–water partition coefficient (Wildman–Crippen LogP) is 10.8. The van der Waals surface area contributed by atoms with Crippen molar-refractivity contribution in [2.75, 3.05) is 0 Å². The van der Waals surface area contributed by atoms with E-state index in [1.54, 1.807) is 0 Å². The van der Waals surface area contributed by atoms with Crippen LogP contribution in [0.1, 0.15) is 62.6 Å². The SMILES string of the molecule is CC(C)C(O)(c1ccc2c(Cl)c(O[Si](C)(C)C(C)(C)C)ccc2c1)c1cn(C(c2ccccc2)(c2ccccc2)c2ccccc2)cn1. The second-order valence-electron chi connectivity index (χ2n) is 14.6. The first kappa shape index (κ1) is 33.7. The highest BCUT2D eigenvalue weighted by atomic mass is 35.5. The molecule has 6 aromatic rings. The van der Waals surface area contributed by atoms with Crippen LogP contribution in [0.15, 0.2) is 134 Å². The summed E-state index contributed by atoms with van der Waals surface area (Å²) in [6.45, 7) is 15.2. The van der Waals surface area contributed by atoms with Crippen LogP contribution in [0, 0.1) is 5.92 Å². The van der Waals surface area contributed by atoms with Gasteiger partial charge in [-0.15, -0.1) is 0 Å². The van der Waals surface area contributed by atoms with Crippen LogP contribution in [0.5, 0.6) is 5.75 Å². The van der Waals surface area contributed by atoms with E-state index in [0.717, 1.165) is 33.0 Å². The van der Waals surface area contributed by atoms with Crippen molar-refractivity contribution < 1.29 is 9.53 Å². The Morgan fingerprint density at radius 2 is 1.25 bits per heavy atom. The minimum Gasteiger partial charge on any atom is -0.542 e. The summed E-state index contributed by atoms with van der Waals surface area (Å²) in [5.41, 5.74) is 2.51. The summed E-state index contributed by atoms with van der Waals surface area (Å²) in [7, 11) is -2.09. The zero-order valence-electron chi connectivity index (χ0n) is 28.9. The van der Waals surface area contributed by atoms with E-state index in [-0.39, 0.29) is 11.0 Å². The molecule has 0 aliphatic heterocycles. The maximum Gasteiger partial charge on any atom is 0.250 e. The van der Waals surface area contributed by atoms with Gasteiger partial charge in [0.2, 0.25) is 0 Å². The van der Waals surface area contributed by atoms with Gasteiger partial charge in [-0.3, -0.25) is 0 Å². The molecule has 1 N–H and O–H groups in total. The van der Waals surface area contributed by atoms with Crippen molar-refractivity contribution in [3.8, 4) is 5.75 Å². The largest absolute Gasteiger partial charge is 0.542 e. The van der Waals surface area contributed by atoms with Crippen LogP contribution in [-0.2, 0) is 11.1 Å². The first-order valence-corrected chi connectivity index (χ1v) is 19.9. The van der Waals surface area contributed by atoms with E-state index >= 15 is 0 Å². The lowest BCUT2D eigenvalue weighted by Crippen LogP contribution is -2.43. The number of aliphatic hydroxyl groups is 1. The van der Waals surface area contributed by atoms with Gasteiger partial charge in [0, 0.05) is 11.6 Å². The van der Waals surface area contributed by atoms with Crippen molar-refractivity contribution >= 4 is 30.7 Å². The Bertz CT molecular complexity index is 1920. The smallest absolute Gasteiger partial charge is 0.250 e. The molecule has 0 fully saturated rings. The van der Waals surface area contributed by atoms with Gasteiger partial charge in [-0.25, -0.2) is 4.98 Å². The molecule has 0 amide bonds. The number of fused-ring (bicyclic) bond motifs is 1. The molecule has 0 radical (unpaired) electrons. The molecule has 0 aliphatic carbocycles. The fourth-order valence-corrected chi connectivity index (χ4v) is 7.85. The van der Waals surface area contributed by atoms with Crippen molar-refractivity contribution in [2.45, 2.75) is 63.9 Å². The van der Waals surface area contributed by atoms with Gasteiger partial charge >= 0.3 is 0 Å². The van der Waals surface area contributed by atoms with Crippen molar-refractivity contribution in [3.05, 3.63) is 167 Å². The van der Waals surface area contributed by atoms with E-state index in [9.17, 15) is 5.11 Å². The molecule has 1 aromatic heterocycles. The van der Waals surface area contributed by atoms with Crippen molar-refractivity contribution in [3.63, 3.8) is 0 Å². The van der Waals surface area contributed by atoms with Gasteiger partial charge in [0.25, 0.3) is 8.32 Å². The predicted molar refractivity (Wildman–Crippen MR) is 201 cm³/mol. The molecule has 1 atom stereocenters. The quantitative estimate of drug-likeness (QED) is 0.123. The molecule has 4 nitrogen and oxygen atoms in total. The van der Waals surface area contributed by atoms with Gasteiger partial charge in [-0.05, 0) is 63.8 Å². The van der Waals surface area contributed by atoms with Crippen LogP contribution in [0.3, 0.4) is 0 Å². The maximum atomic E-state index is 12.7. The zero-order chi connectivity index (χ0) is 34.3. The third kappa shape index (κ3) is 5.68. The Morgan fingerprint density at radius 1 is 0.729 bits per heavy atom. The third-order valence-electron chi connectivity index (χ3n) is 10.3. The molecule has 5 aromatic carbocycles. The van der Waals surface area contributed by atoms with E-state index in [4.69, 9.17) is 21.0 Å². The number of hydrogen-bond donors (Lipinski definition) is 1. The Kier molecular flexibility index (Phi) is 8.92. The molecule has 0 aliphatic rings.